The van der Waals surface area contributed by atoms with E-state index in [0.717, 1.165) is 0 Å². The topological polar surface area (TPSA) is 35.5 Å². The summed E-state index contributed by atoms with van der Waals surface area (Å²) in [4.78, 5) is 11.6. The molecule has 0 spiro atoms. The summed E-state index contributed by atoms with van der Waals surface area (Å²) < 4.78 is 120. The normalized spacial score (nSPS) is 31.8. The minimum Gasteiger partial charge on any atom is -0.458 e. The quantitative estimate of drug-likeness (QED) is 0.465. The first-order valence-corrected chi connectivity index (χ1v) is 8.21. The fraction of sp³-hybridized carbons (Fsp3) is 0.938. The lowest BCUT2D eigenvalue weighted by Gasteiger charge is -2.52. The van der Waals surface area contributed by atoms with Crippen LogP contribution in [0, 0.1) is 5.92 Å². The summed E-state index contributed by atoms with van der Waals surface area (Å²) in [5, 5.41) is 0. The Morgan fingerprint density at radius 2 is 1.63 bits per heavy atom. The van der Waals surface area contributed by atoms with Gasteiger partial charge in [0, 0.05) is 0 Å². The number of carbonyl (C=O) groups is 1. The zero-order chi connectivity index (χ0) is 21.5. The highest BCUT2D eigenvalue weighted by molar-refractivity contribution is 5.71. The summed E-state index contributed by atoms with van der Waals surface area (Å²) in [5.41, 5.74) is -10.5. The van der Waals surface area contributed by atoms with Gasteiger partial charge in [-0.1, -0.05) is 13.3 Å². The van der Waals surface area contributed by atoms with Gasteiger partial charge in [-0.05, 0) is 39.5 Å². The Kier molecular flexibility index (Phi) is 6.52. The van der Waals surface area contributed by atoms with Gasteiger partial charge in [0.05, 0.1) is 0 Å². The molecule has 1 saturated carbocycles. The minimum absolute atomic E-state index is 0.262. The van der Waals surface area contributed by atoms with Crippen LogP contribution >= 0.6 is 0 Å². The van der Waals surface area contributed by atoms with E-state index < -0.39 is 66.7 Å². The number of ether oxygens (including phenoxy) is 2. The molecule has 1 aliphatic carbocycles. The highest BCUT2D eigenvalue weighted by Gasteiger charge is 2.83. The van der Waals surface area contributed by atoms with Gasteiger partial charge in [-0.25, -0.2) is 18.0 Å². The molecule has 3 atom stereocenters. The first-order chi connectivity index (χ1) is 11.9. The maximum Gasteiger partial charge on any atom is 0.423 e. The van der Waals surface area contributed by atoms with Gasteiger partial charge in [-0.3, -0.25) is 0 Å². The molecule has 11 heteroatoms. The van der Waals surface area contributed by atoms with E-state index in [1.165, 1.54) is 27.7 Å². The fourth-order valence-electron chi connectivity index (χ4n) is 3.08. The molecule has 0 amide bonds. The monoisotopic (exact) mass is 414 g/mol. The van der Waals surface area contributed by atoms with Crippen LogP contribution in [0.25, 0.3) is 0 Å². The van der Waals surface area contributed by atoms with Crippen molar-refractivity contribution in [1.82, 2.24) is 0 Å². The average molecular weight is 414 g/mol. The van der Waals surface area contributed by atoms with Gasteiger partial charge in [0.15, 0.2) is 0 Å². The first kappa shape index (κ1) is 23.9. The maximum atomic E-state index is 14.6. The Bertz CT molecular complexity index is 543. The summed E-state index contributed by atoms with van der Waals surface area (Å²) in [7, 11) is 0. The van der Waals surface area contributed by atoms with Gasteiger partial charge in [-0.2, -0.15) is 22.0 Å². The van der Waals surface area contributed by atoms with Crippen LogP contribution in [0.15, 0.2) is 0 Å². The van der Waals surface area contributed by atoms with Crippen molar-refractivity contribution >= 4 is 5.97 Å². The number of esters is 1. The third-order valence-corrected chi connectivity index (χ3v) is 4.43. The number of rotatable bonds is 5. The van der Waals surface area contributed by atoms with E-state index >= 15 is 0 Å². The Balaban J connectivity index is 3.37. The molecule has 3 nitrogen and oxygen atoms in total. The van der Waals surface area contributed by atoms with Crippen molar-refractivity contribution in [1.29, 1.82) is 0 Å². The van der Waals surface area contributed by atoms with E-state index in [-0.39, 0.29) is 6.42 Å². The van der Waals surface area contributed by atoms with Crippen LogP contribution in [0.1, 0.15) is 47.0 Å². The van der Waals surface area contributed by atoms with Crippen molar-refractivity contribution in [3.63, 3.8) is 0 Å². The van der Waals surface area contributed by atoms with Crippen LogP contribution in [0.3, 0.4) is 0 Å². The number of hydrogen-bond donors (Lipinski definition) is 0. The molecule has 160 valence electrons. The maximum absolute atomic E-state index is 14.6. The summed E-state index contributed by atoms with van der Waals surface area (Å²) in [5.74, 6) is -8.49. The predicted octanol–water partition coefficient (Wildman–Crippen LogP) is 5.07. The van der Waals surface area contributed by atoms with E-state index in [1.54, 1.807) is 0 Å². The number of carbonyl (C=O) groups excluding carboxylic acids is 1. The molecule has 0 aromatic rings. The van der Waals surface area contributed by atoms with E-state index in [9.17, 15) is 39.9 Å². The molecule has 0 aromatic heterocycles. The van der Waals surface area contributed by atoms with Gasteiger partial charge in [0.2, 0.25) is 11.3 Å². The lowest BCUT2D eigenvalue weighted by molar-refractivity contribution is -0.399. The third-order valence-electron chi connectivity index (χ3n) is 4.43. The Morgan fingerprint density at radius 3 is 2.00 bits per heavy atom. The van der Waals surface area contributed by atoms with E-state index in [0.29, 0.717) is 0 Å². The highest BCUT2D eigenvalue weighted by Crippen LogP contribution is 2.61. The molecule has 0 bridgehead atoms. The summed E-state index contributed by atoms with van der Waals surface area (Å²) in [6.07, 6.45) is -13.5. The molecular formula is C16H22F8O3. The van der Waals surface area contributed by atoms with Gasteiger partial charge in [-0.15, -0.1) is 0 Å². The lowest BCUT2D eigenvalue weighted by atomic mass is 9.66. The second-order valence-corrected chi connectivity index (χ2v) is 7.62. The minimum atomic E-state index is -5.92. The summed E-state index contributed by atoms with van der Waals surface area (Å²) in [6.45, 7) is 3.78. The largest absolute Gasteiger partial charge is 0.458 e. The van der Waals surface area contributed by atoms with Crippen molar-refractivity contribution in [3.8, 4) is 0 Å². The van der Waals surface area contributed by atoms with Crippen LogP contribution in [-0.2, 0) is 14.3 Å². The predicted molar refractivity (Wildman–Crippen MR) is 78.4 cm³/mol. The SMILES string of the molecule is CCC1CC(F)(C(F)F)C(F)(F)C(OCC(=O)OC(C)(C)C)(C(F)(F)F)C1. The standard InChI is InChI=1S/C16H22F8O3/c1-5-9-6-13(19,11(17)18)15(20,21)14(7-9,16(22,23)24)26-8-10(25)27-12(2,3)4/h9,11H,5-8H2,1-4H3. The van der Waals surface area contributed by atoms with Crippen LogP contribution in [0.2, 0.25) is 0 Å². The molecule has 27 heavy (non-hydrogen) atoms. The van der Waals surface area contributed by atoms with Gasteiger partial charge < -0.3 is 9.47 Å². The van der Waals surface area contributed by atoms with E-state index in [4.69, 9.17) is 0 Å². The van der Waals surface area contributed by atoms with Crippen molar-refractivity contribution in [2.45, 2.75) is 82.4 Å². The molecule has 0 N–H and O–H groups in total. The number of hydrogen-bond acceptors (Lipinski definition) is 3. The Hall–Kier alpha value is -1.13. The highest BCUT2D eigenvalue weighted by atomic mass is 19.4. The average Bonchev–Trinajstić information content (AvgIpc) is 2.45. The van der Waals surface area contributed by atoms with Crippen LogP contribution in [-0.4, -0.2) is 48.0 Å². The lowest BCUT2D eigenvalue weighted by Crippen LogP contribution is -2.73. The van der Waals surface area contributed by atoms with Gasteiger partial charge >= 0.3 is 18.1 Å². The smallest absolute Gasteiger partial charge is 0.423 e. The molecular weight excluding hydrogens is 392 g/mol. The van der Waals surface area contributed by atoms with Crippen molar-refractivity contribution in [2.75, 3.05) is 6.61 Å². The van der Waals surface area contributed by atoms with Crippen LogP contribution in [0.4, 0.5) is 35.1 Å². The molecule has 3 unspecified atom stereocenters. The van der Waals surface area contributed by atoms with Crippen molar-refractivity contribution in [2.24, 2.45) is 5.92 Å². The zero-order valence-electron chi connectivity index (χ0n) is 15.2. The summed E-state index contributed by atoms with van der Waals surface area (Å²) in [6, 6.07) is 0. The molecule has 0 radical (unpaired) electrons. The van der Waals surface area contributed by atoms with Gasteiger partial charge in [0.1, 0.15) is 12.2 Å². The molecule has 0 aliphatic heterocycles. The van der Waals surface area contributed by atoms with Crippen molar-refractivity contribution in [3.05, 3.63) is 0 Å². The second-order valence-electron chi connectivity index (χ2n) is 7.62. The fourth-order valence-corrected chi connectivity index (χ4v) is 3.08. The van der Waals surface area contributed by atoms with Crippen molar-refractivity contribution < 1.29 is 49.4 Å². The van der Waals surface area contributed by atoms with E-state index in [1.807, 2.05) is 0 Å². The summed E-state index contributed by atoms with van der Waals surface area (Å²) >= 11 is 0. The molecule has 0 heterocycles. The van der Waals surface area contributed by atoms with E-state index in [2.05, 4.69) is 9.47 Å². The molecule has 0 aromatic carbocycles. The Labute approximate surface area is 151 Å². The molecule has 1 rings (SSSR count). The Morgan fingerprint density at radius 1 is 1.11 bits per heavy atom. The van der Waals surface area contributed by atoms with Crippen LogP contribution < -0.4 is 0 Å². The molecule has 0 saturated heterocycles. The third kappa shape index (κ3) is 4.32. The van der Waals surface area contributed by atoms with Gasteiger partial charge in [0.25, 0.3) is 6.43 Å². The van der Waals surface area contributed by atoms with Crippen LogP contribution in [0.5, 0.6) is 0 Å². The number of halogens is 8. The second kappa shape index (κ2) is 7.36. The zero-order valence-corrected chi connectivity index (χ0v) is 15.2. The molecule has 1 aliphatic rings. The number of alkyl halides is 8. The first-order valence-electron chi connectivity index (χ1n) is 8.21. The molecule has 1 fully saturated rings.